The summed E-state index contributed by atoms with van der Waals surface area (Å²) in [4.78, 5) is 6.70. The molecule has 0 radical (unpaired) electrons. The van der Waals surface area contributed by atoms with E-state index < -0.39 is 0 Å². The Labute approximate surface area is 105 Å². The first-order valence-electron chi connectivity index (χ1n) is 6.64. The smallest absolute Gasteiger partial charge is 0.191 e. The predicted octanol–water partition coefficient (Wildman–Crippen LogP) is 1.21. The second-order valence-corrected chi connectivity index (χ2v) is 4.42. The van der Waals surface area contributed by atoms with E-state index in [1.165, 1.54) is 38.8 Å². The number of hydrogen-bond donors (Lipinski definition) is 2. The molecule has 0 bridgehead atoms. The van der Waals surface area contributed by atoms with Crippen LogP contribution in [0.25, 0.3) is 0 Å². The quantitative estimate of drug-likeness (QED) is 0.430. The summed E-state index contributed by atoms with van der Waals surface area (Å²) in [6, 6.07) is 0. The highest BCUT2D eigenvalue weighted by atomic mass is 15.2. The molecule has 0 aromatic heterocycles. The van der Waals surface area contributed by atoms with Gasteiger partial charge >= 0.3 is 0 Å². The van der Waals surface area contributed by atoms with Gasteiger partial charge in [-0.05, 0) is 25.9 Å². The molecular formula is C13H26N4. The van der Waals surface area contributed by atoms with Gasteiger partial charge in [0.25, 0.3) is 0 Å². The Morgan fingerprint density at radius 1 is 1.24 bits per heavy atom. The van der Waals surface area contributed by atoms with Gasteiger partial charge in [0.1, 0.15) is 0 Å². The molecule has 1 aliphatic rings. The lowest BCUT2D eigenvalue weighted by Crippen LogP contribution is -2.41. The lowest BCUT2D eigenvalue weighted by Gasteiger charge is -2.20. The maximum Gasteiger partial charge on any atom is 0.191 e. The van der Waals surface area contributed by atoms with Gasteiger partial charge in [0.2, 0.25) is 0 Å². The van der Waals surface area contributed by atoms with Crippen molar-refractivity contribution >= 4 is 5.96 Å². The molecule has 0 unspecified atom stereocenters. The first-order valence-corrected chi connectivity index (χ1v) is 6.64. The summed E-state index contributed by atoms with van der Waals surface area (Å²) in [5, 5.41) is 6.49. The largest absolute Gasteiger partial charge is 0.355 e. The van der Waals surface area contributed by atoms with Gasteiger partial charge in [-0.2, -0.15) is 0 Å². The maximum atomic E-state index is 4.15. The predicted molar refractivity (Wildman–Crippen MR) is 74.5 cm³/mol. The van der Waals surface area contributed by atoms with E-state index in [0.717, 1.165) is 25.6 Å². The second kappa shape index (κ2) is 9.05. The van der Waals surface area contributed by atoms with Crippen molar-refractivity contribution in [3.8, 4) is 0 Å². The molecule has 2 N–H and O–H groups in total. The fourth-order valence-electron chi connectivity index (χ4n) is 2.08. The van der Waals surface area contributed by atoms with Gasteiger partial charge in [0, 0.05) is 26.7 Å². The molecule has 17 heavy (non-hydrogen) atoms. The average Bonchev–Trinajstić information content (AvgIpc) is 2.62. The van der Waals surface area contributed by atoms with Crippen LogP contribution in [0.1, 0.15) is 25.7 Å². The van der Waals surface area contributed by atoms with Crippen LogP contribution in [-0.2, 0) is 0 Å². The van der Waals surface area contributed by atoms with Crippen molar-refractivity contribution in [2.75, 3.05) is 39.8 Å². The summed E-state index contributed by atoms with van der Waals surface area (Å²) < 4.78 is 0. The zero-order valence-electron chi connectivity index (χ0n) is 11.0. The highest BCUT2D eigenvalue weighted by Crippen LogP contribution is 2.08. The van der Waals surface area contributed by atoms with E-state index in [4.69, 9.17) is 0 Å². The number of likely N-dealkylation sites (tertiary alicyclic amines) is 1. The number of aliphatic imine (C=N–C) groups is 1. The SMILES string of the molecule is C=CCNC(=NC)NCCN1CCCCCC1. The molecule has 4 heteroatoms. The van der Waals surface area contributed by atoms with Gasteiger partial charge < -0.3 is 15.5 Å². The first-order chi connectivity index (χ1) is 8.36. The van der Waals surface area contributed by atoms with Crippen LogP contribution in [0.2, 0.25) is 0 Å². The molecule has 4 nitrogen and oxygen atoms in total. The third-order valence-corrected chi connectivity index (χ3v) is 3.06. The van der Waals surface area contributed by atoms with E-state index in [-0.39, 0.29) is 0 Å². The Morgan fingerprint density at radius 2 is 1.94 bits per heavy atom. The van der Waals surface area contributed by atoms with Crippen molar-refractivity contribution < 1.29 is 0 Å². The van der Waals surface area contributed by atoms with Crippen molar-refractivity contribution in [1.82, 2.24) is 15.5 Å². The van der Waals surface area contributed by atoms with Crippen molar-refractivity contribution in [3.05, 3.63) is 12.7 Å². The van der Waals surface area contributed by atoms with Gasteiger partial charge in [0.15, 0.2) is 5.96 Å². The molecule has 0 aliphatic carbocycles. The van der Waals surface area contributed by atoms with Crippen LogP contribution in [0.5, 0.6) is 0 Å². The average molecular weight is 238 g/mol. The van der Waals surface area contributed by atoms with Gasteiger partial charge in [-0.25, -0.2) is 0 Å². The topological polar surface area (TPSA) is 39.7 Å². The van der Waals surface area contributed by atoms with Gasteiger partial charge in [-0.15, -0.1) is 6.58 Å². The van der Waals surface area contributed by atoms with Crippen LogP contribution in [0.15, 0.2) is 17.6 Å². The molecular weight excluding hydrogens is 212 g/mol. The summed E-state index contributed by atoms with van der Waals surface area (Å²) in [7, 11) is 1.80. The number of guanidine groups is 1. The Morgan fingerprint density at radius 3 is 2.53 bits per heavy atom. The van der Waals surface area contributed by atoms with Crippen LogP contribution in [0.4, 0.5) is 0 Å². The van der Waals surface area contributed by atoms with E-state index in [9.17, 15) is 0 Å². The third kappa shape index (κ3) is 6.31. The van der Waals surface area contributed by atoms with Gasteiger partial charge in [0.05, 0.1) is 0 Å². The zero-order chi connectivity index (χ0) is 12.3. The van der Waals surface area contributed by atoms with Crippen LogP contribution < -0.4 is 10.6 Å². The molecule has 0 spiro atoms. The monoisotopic (exact) mass is 238 g/mol. The van der Waals surface area contributed by atoms with Crippen LogP contribution in [0, 0.1) is 0 Å². The minimum atomic E-state index is 0.753. The van der Waals surface area contributed by atoms with Crippen molar-refractivity contribution in [2.45, 2.75) is 25.7 Å². The van der Waals surface area contributed by atoms with Gasteiger partial charge in [-0.1, -0.05) is 18.9 Å². The van der Waals surface area contributed by atoms with E-state index in [1.54, 1.807) is 7.05 Å². The summed E-state index contributed by atoms with van der Waals surface area (Å²) in [5.74, 6) is 0.861. The minimum absolute atomic E-state index is 0.753. The number of nitrogens with zero attached hydrogens (tertiary/aromatic N) is 2. The fraction of sp³-hybridized carbons (Fsp3) is 0.769. The molecule has 98 valence electrons. The van der Waals surface area contributed by atoms with Gasteiger partial charge in [-0.3, -0.25) is 4.99 Å². The summed E-state index contributed by atoms with van der Waals surface area (Å²) in [5.41, 5.74) is 0. The van der Waals surface area contributed by atoms with Crippen LogP contribution in [0.3, 0.4) is 0 Å². The van der Waals surface area contributed by atoms with Crippen LogP contribution >= 0.6 is 0 Å². The Balaban J connectivity index is 2.14. The molecule has 0 aromatic rings. The van der Waals surface area contributed by atoms with Crippen molar-refractivity contribution in [2.24, 2.45) is 4.99 Å². The normalized spacial score (nSPS) is 18.5. The number of nitrogens with one attached hydrogen (secondary N) is 2. The van der Waals surface area contributed by atoms with E-state index in [1.807, 2.05) is 6.08 Å². The molecule has 1 saturated heterocycles. The highest BCUT2D eigenvalue weighted by molar-refractivity contribution is 5.79. The molecule has 1 heterocycles. The number of hydrogen-bond acceptors (Lipinski definition) is 2. The van der Waals surface area contributed by atoms with Crippen LogP contribution in [-0.4, -0.2) is 50.6 Å². The number of rotatable bonds is 5. The Hall–Kier alpha value is -1.03. The summed E-state index contributed by atoms with van der Waals surface area (Å²) in [6.07, 6.45) is 7.33. The molecule has 0 amide bonds. The standard InChI is InChI=1S/C13H26N4/c1-3-8-15-13(14-2)16-9-12-17-10-6-4-5-7-11-17/h3H,1,4-12H2,2H3,(H2,14,15,16). The van der Waals surface area contributed by atoms with Crippen molar-refractivity contribution in [1.29, 1.82) is 0 Å². The molecule has 0 saturated carbocycles. The zero-order valence-corrected chi connectivity index (χ0v) is 11.0. The Kier molecular flexibility index (Phi) is 7.47. The maximum absolute atomic E-state index is 4.15. The van der Waals surface area contributed by atoms with E-state index >= 15 is 0 Å². The van der Waals surface area contributed by atoms with E-state index in [2.05, 4.69) is 27.1 Å². The molecule has 1 aliphatic heterocycles. The third-order valence-electron chi connectivity index (χ3n) is 3.06. The highest BCUT2D eigenvalue weighted by Gasteiger charge is 2.08. The molecule has 0 atom stereocenters. The second-order valence-electron chi connectivity index (χ2n) is 4.42. The lowest BCUT2D eigenvalue weighted by molar-refractivity contribution is 0.289. The lowest BCUT2D eigenvalue weighted by atomic mass is 10.2. The molecule has 1 rings (SSSR count). The Bertz CT molecular complexity index is 230. The minimum Gasteiger partial charge on any atom is -0.355 e. The van der Waals surface area contributed by atoms with Crippen molar-refractivity contribution in [3.63, 3.8) is 0 Å². The first kappa shape index (κ1) is 14.0. The fourth-order valence-corrected chi connectivity index (χ4v) is 2.08. The van der Waals surface area contributed by atoms with E-state index in [0.29, 0.717) is 0 Å². The summed E-state index contributed by atoms with van der Waals surface area (Å²) >= 11 is 0. The molecule has 0 aromatic carbocycles. The summed E-state index contributed by atoms with van der Waals surface area (Å²) in [6.45, 7) is 8.99. The molecule has 1 fully saturated rings.